The molecule has 0 aliphatic carbocycles. The van der Waals surface area contributed by atoms with Gasteiger partial charge in [0, 0.05) is 37.6 Å². The van der Waals surface area contributed by atoms with Gasteiger partial charge in [0.25, 0.3) is 0 Å². The standard InChI is InChI=1S/C19H21F2N3O/c1-15-6-7-16(25-15)12-24(10-3-9-23-11-8-22-14-23)13-17-18(20)4-2-5-19(17)21/h2,4-8,11,14H,3,9-10,12-13H2,1H3. The van der Waals surface area contributed by atoms with Gasteiger partial charge in [0.1, 0.15) is 23.2 Å². The van der Waals surface area contributed by atoms with E-state index in [4.69, 9.17) is 4.42 Å². The molecule has 25 heavy (non-hydrogen) atoms. The van der Waals surface area contributed by atoms with Crippen LogP contribution in [0.25, 0.3) is 0 Å². The summed E-state index contributed by atoms with van der Waals surface area (Å²) in [6, 6.07) is 7.75. The summed E-state index contributed by atoms with van der Waals surface area (Å²) in [4.78, 5) is 6.01. The highest BCUT2D eigenvalue weighted by Gasteiger charge is 2.15. The zero-order valence-electron chi connectivity index (χ0n) is 14.2. The molecule has 4 nitrogen and oxygen atoms in total. The van der Waals surface area contributed by atoms with Crippen LogP contribution in [0.4, 0.5) is 8.78 Å². The quantitative estimate of drug-likeness (QED) is 0.615. The van der Waals surface area contributed by atoms with E-state index in [0.29, 0.717) is 13.1 Å². The Bertz CT molecular complexity index is 779. The Morgan fingerprint density at radius 3 is 2.56 bits per heavy atom. The van der Waals surface area contributed by atoms with E-state index < -0.39 is 11.6 Å². The van der Waals surface area contributed by atoms with Crippen molar-refractivity contribution < 1.29 is 13.2 Å². The fourth-order valence-electron chi connectivity index (χ4n) is 2.81. The second-order valence-electron chi connectivity index (χ2n) is 6.08. The predicted molar refractivity (Wildman–Crippen MR) is 90.8 cm³/mol. The van der Waals surface area contributed by atoms with Crippen LogP contribution >= 0.6 is 0 Å². The lowest BCUT2D eigenvalue weighted by Crippen LogP contribution is -2.25. The minimum Gasteiger partial charge on any atom is -0.465 e. The molecule has 0 radical (unpaired) electrons. The van der Waals surface area contributed by atoms with E-state index in [-0.39, 0.29) is 12.1 Å². The maximum absolute atomic E-state index is 14.0. The molecular formula is C19H21F2N3O. The van der Waals surface area contributed by atoms with Crippen LogP contribution in [0.3, 0.4) is 0 Å². The predicted octanol–water partition coefficient (Wildman–Crippen LogP) is 4.16. The number of nitrogens with zero attached hydrogens (tertiary/aromatic N) is 3. The summed E-state index contributed by atoms with van der Waals surface area (Å²) in [7, 11) is 0. The first-order valence-corrected chi connectivity index (χ1v) is 8.28. The second kappa shape index (κ2) is 8.07. The molecule has 0 bridgehead atoms. The van der Waals surface area contributed by atoms with Crippen LogP contribution in [-0.2, 0) is 19.6 Å². The van der Waals surface area contributed by atoms with Crippen molar-refractivity contribution in [2.75, 3.05) is 6.54 Å². The molecular weight excluding hydrogens is 324 g/mol. The average molecular weight is 345 g/mol. The smallest absolute Gasteiger partial charge is 0.130 e. The summed E-state index contributed by atoms with van der Waals surface area (Å²) in [5, 5.41) is 0. The minimum atomic E-state index is -0.518. The Labute approximate surface area is 145 Å². The lowest BCUT2D eigenvalue weighted by atomic mass is 10.1. The monoisotopic (exact) mass is 345 g/mol. The Hall–Kier alpha value is -2.47. The van der Waals surface area contributed by atoms with Crippen LogP contribution < -0.4 is 0 Å². The minimum absolute atomic E-state index is 0.0911. The highest BCUT2D eigenvalue weighted by Crippen LogP contribution is 2.18. The lowest BCUT2D eigenvalue weighted by molar-refractivity contribution is 0.221. The Morgan fingerprint density at radius 1 is 1.12 bits per heavy atom. The number of halogens is 2. The maximum Gasteiger partial charge on any atom is 0.130 e. The van der Waals surface area contributed by atoms with Gasteiger partial charge in [-0.15, -0.1) is 0 Å². The first kappa shape index (κ1) is 17.4. The molecule has 2 aromatic heterocycles. The van der Waals surface area contributed by atoms with Crippen LogP contribution in [0.5, 0.6) is 0 Å². The average Bonchev–Trinajstić information content (AvgIpc) is 3.23. The largest absolute Gasteiger partial charge is 0.465 e. The van der Waals surface area contributed by atoms with Gasteiger partial charge in [-0.05, 0) is 37.6 Å². The molecule has 0 spiro atoms. The lowest BCUT2D eigenvalue weighted by Gasteiger charge is -2.22. The van der Waals surface area contributed by atoms with Gasteiger partial charge >= 0.3 is 0 Å². The van der Waals surface area contributed by atoms with Crippen LogP contribution in [-0.4, -0.2) is 21.0 Å². The fraction of sp³-hybridized carbons (Fsp3) is 0.316. The molecule has 132 valence electrons. The third-order valence-corrected chi connectivity index (χ3v) is 4.07. The van der Waals surface area contributed by atoms with Gasteiger partial charge in [0.15, 0.2) is 0 Å². The molecule has 3 aromatic rings. The molecule has 0 atom stereocenters. The molecule has 0 N–H and O–H groups in total. The summed E-state index contributed by atoms with van der Waals surface area (Å²) in [6.45, 7) is 4.07. The fourth-order valence-corrected chi connectivity index (χ4v) is 2.81. The van der Waals surface area contributed by atoms with Gasteiger partial charge in [-0.3, -0.25) is 4.90 Å². The molecule has 0 fully saturated rings. The SMILES string of the molecule is Cc1ccc(CN(CCCn2ccnc2)Cc2c(F)cccc2F)o1. The molecule has 0 unspecified atom stereocenters. The third-order valence-electron chi connectivity index (χ3n) is 4.07. The van der Waals surface area contributed by atoms with E-state index in [1.165, 1.54) is 18.2 Å². The number of benzene rings is 1. The molecule has 2 heterocycles. The van der Waals surface area contributed by atoms with Crippen molar-refractivity contribution in [3.8, 4) is 0 Å². The second-order valence-corrected chi connectivity index (χ2v) is 6.08. The van der Waals surface area contributed by atoms with Crippen molar-refractivity contribution in [1.29, 1.82) is 0 Å². The van der Waals surface area contributed by atoms with Crippen LogP contribution in [0.15, 0.2) is 53.5 Å². The molecule has 0 saturated heterocycles. The van der Waals surface area contributed by atoms with Crippen LogP contribution in [0.2, 0.25) is 0 Å². The summed E-state index contributed by atoms with van der Waals surface area (Å²) >= 11 is 0. The van der Waals surface area contributed by atoms with Gasteiger partial charge in [0.2, 0.25) is 0 Å². The first-order valence-electron chi connectivity index (χ1n) is 8.28. The molecule has 0 amide bonds. The van der Waals surface area contributed by atoms with E-state index in [1.807, 2.05) is 34.7 Å². The normalized spacial score (nSPS) is 11.4. The number of aromatic nitrogens is 2. The Balaban J connectivity index is 1.68. The van der Waals surface area contributed by atoms with Crippen molar-refractivity contribution in [3.63, 3.8) is 0 Å². The van der Waals surface area contributed by atoms with Crippen molar-refractivity contribution in [2.24, 2.45) is 0 Å². The molecule has 0 saturated carbocycles. The summed E-state index contributed by atoms with van der Waals surface area (Å²) in [5.41, 5.74) is 0.0911. The number of aryl methyl sites for hydroxylation is 2. The van der Waals surface area contributed by atoms with Crippen LogP contribution in [0, 0.1) is 18.6 Å². The summed E-state index contributed by atoms with van der Waals surface area (Å²) < 4.78 is 35.6. The van der Waals surface area contributed by atoms with Gasteiger partial charge in [-0.1, -0.05) is 6.07 Å². The van der Waals surface area contributed by atoms with Gasteiger partial charge in [0.05, 0.1) is 12.9 Å². The molecule has 0 aliphatic heterocycles. The summed E-state index contributed by atoms with van der Waals surface area (Å²) in [6.07, 6.45) is 6.23. The van der Waals surface area contributed by atoms with Crippen LogP contribution in [0.1, 0.15) is 23.5 Å². The van der Waals surface area contributed by atoms with Crippen molar-refractivity contribution >= 4 is 0 Å². The highest BCUT2D eigenvalue weighted by molar-refractivity contribution is 5.19. The van der Waals surface area contributed by atoms with E-state index in [0.717, 1.165) is 24.5 Å². The van der Waals surface area contributed by atoms with Crippen molar-refractivity contribution in [3.05, 3.63) is 77.8 Å². The van der Waals surface area contributed by atoms with E-state index in [1.54, 1.807) is 12.5 Å². The number of furan rings is 1. The zero-order valence-corrected chi connectivity index (χ0v) is 14.2. The molecule has 6 heteroatoms. The molecule has 0 aliphatic rings. The van der Waals surface area contributed by atoms with Gasteiger partial charge in [-0.2, -0.15) is 0 Å². The topological polar surface area (TPSA) is 34.2 Å². The maximum atomic E-state index is 14.0. The number of hydrogen-bond acceptors (Lipinski definition) is 3. The van der Waals surface area contributed by atoms with E-state index >= 15 is 0 Å². The zero-order chi connectivity index (χ0) is 17.6. The first-order chi connectivity index (χ1) is 12.1. The van der Waals surface area contributed by atoms with E-state index in [9.17, 15) is 8.78 Å². The number of imidazole rings is 1. The van der Waals surface area contributed by atoms with Crippen molar-refractivity contribution in [2.45, 2.75) is 33.0 Å². The Kier molecular flexibility index (Phi) is 5.60. The molecule has 3 rings (SSSR count). The Morgan fingerprint density at radius 2 is 1.92 bits per heavy atom. The summed E-state index contributed by atoms with van der Waals surface area (Å²) in [5.74, 6) is 0.577. The number of hydrogen-bond donors (Lipinski definition) is 0. The molecule has 1 aromatic carbocycles. The third kappa shape index (κ3) is 4.76. The highest BCUT2D eigenvalue weighted by atomic mass is 19.1. The van der Waals surface area contributed by atoms with Gasteiger partial charge < -0.3 is 8.98 Å². The van der Waals surface area contributed by atoms with Gasteiger partial charge in [-0.25, -0.2) is 13.8 Å². The van der Waals surface area contributed by atoms with Crippen molar-refractivity contribution in [1.82, 2.24) is 14.5 Å². The number of rotatable bonds is 8. The van der Waals surface area contributed by atoms with E-state index in [2.05, 4.69) is 4.98 Å².